The first-order chi connectivity index (χ1) is 19.7. The van der Waals surface area contributed by atoms with Crippen molar-refractivity contribution in [2.45, 2.75) is 39.0 Å². The maximum absolute atomic E-state index is 12.1. The number of anilines is 2. The van der Waals surface area contributed by atoms with Crippen LogP contribution in [0.1, 0.15) is 38.2 Å². The number of fused-ring (bicyclic) bond motifs is 1. The van der Waals surface area contributed by atoms with Crippen LogP contribution < -0.4 is 16.0 Å². The Morgan fingerprint density at radius 1 is 0.800 bits per heavy atom. The van der Waals surface area contributed by atoms with Crippen molar-refractivity contribution < 1.29 is 9.21 Å². The Morgan fingerprint density at radius 3 is 2.25 bits per heavy atom. The molecule has 40 heavy (non-hydrogen) atoms. The highest BCUT2D eigenvalue weighted by atomic mass is 16.3. The number of benzene rings is 3. The molecule has 0 saturated carbocycles. The average Bonchev–Trinajstić information content (AvgIpc) is 3.39. The Bertz CT molecular complexity index is 1520. The molecule has 5 rings (SSSR count). The Hall–Kier alpha value is -4.65. The summed E-state index contributed by atoms with van der Waals surface area (Å²) in [7, 11) is 0. The minimum absolute atomic E-state index is 0.164. The van der Waals surface area contributed by atoms with Crippen LogP contribution in [0.3, 0.4) is 0 Å². The van der Waals surface area contributed by atoms with Crippen molar-refractivity contribution >= 4 is 28.6 Å². The molecule has 0 aliphatic rings. The normalized spacial score (nSPS) is 10.9. The Morgan fingerprint density at radius 2 is 1.52 bits per heavy atom. The second-order valence-corrected chi connectivity index (χ2v) is 9.76. The number of furan rings is 1. The third-order valence-corrected chi connectivity index (χ3v) is 6.82. The van der Waals surface area contributed by atoms with Crippen molar-refractivity contribution in [2.75, 3.05) is 23.7 Å². The number of amides is 2. The van der Waals surface area contributed by atoms with E-state index in [9.17, 15) is 4.79 Å². The molecule has 3 N–H and O–H groups in total. The molecule has 2 aromatic heterocycles. The van der Waals surface area contributed by atoms with Gasteiger partial charge >= 0.3 is 6.03 Å². The highest BCUT2D eigenvalue weighted by molar-refractivity contribution is 6.05. The van der Waals surface area contributed by atoms with E-state index in [-0.39, 0.29) is 6.03 Å². The van der Waals surface area contributed by atoms with Crippen LogP contribution in [0, 0.1) is 0 Å². The standard InChI is InChI=1S/C33H35N5O2/c1-2-3-4-11-21-35-33(39)38-27-18-16-24(17-19-27)20-22-34-31-29-28(25-12-7-5-8-13-25)30(26-14-9-6-10-15-26)40-32(29)37-23-36-31/h5-10,12-19,23H,2-4,11,20-22H2,1H3,(H,34,36,37)(H2,35,38,39). The molecular weight excluding hydrogens is 498 g/mol. The van der Waals surface area contributed by atoms with Gasteiger partial charge in [-0.1, -0.05) is 99.0 Å². The van der Waals surface area contributed by atoms with E-state index in [1.54, 1.807) is 0 Å². The van der Waals surface area contributed by atoms with Gasteiger partial charge in [0.1, 0.15) is 17.9 Å². The van der Waals surface area contributed by atoms with Crippen LogP contribution in [0.15, 0.2) is 95.7 Å². The van der Waals surface area contributed by atoms with Crippen LogP contribution in [0.5, 0.6) is 0 Å². The summed E-state index contributed by atoms with van der Waals surface area (Å²) in [5.41, 5.74) is 5.50. The van der Waals surface area contributed by atoms with Gasteiger partial charge in [-0.15, -0.1) is 0 Å². The van der Waals surface area contributed by atoms with Crippen LogP contribution in [-0.2, 0) is 6.42 Å². The molecule has 0 bridgehead atoms. The molecular formula is C33H35N5O2. The van der Waals surface area contributed by atoms with Crippen molar-refractivity contribution in [1.82, 2.24) is 15.3 Å². The summed E-state index contributed by atoms with van der Waals surface area (Å²) in [5, 5.41) is 10.2. The van der Waals surface area contributed by atoms with Crippen LogP contribution in [0.25, 0.3) is 33.6 Å². The van der Waals surface area contributed by atoms with Crippen molar-refractivity contribution in [3.8, 4) is 22.5 Å². The van der Waals surface area contributed by atoms with Crippen LogP contribution >= 0.6 is 0 Å². The van der Waals surface area contributed by atoms with Gasteiger partial charge in [-0.2, -0.15) is 0 Å². The molecule has 5 aromatic rings. The van der Waals surface area contributed by atoms with E-state index in [0.29, 0.717) is 18.8 Å². The zero-order chi connectivity index (χ0) is 27.6. The van der Waals surface area contributed by atoms with E-state index < -0.39 is 0 Å². The first-order valence-electron chi connectivity index (χ1n) is 14.0. The topological polar surface area (TPSA) is 92.1 Å². The minimum atomic E-state index is -0.164. The molecule has 2 heterocycles. The summed E-state index contributed by atoms with van der Waals surface area (Å²) >= 11 is 0. The third kappa shape index (κ3) is 6.67. The molecule has 2 amide bonds. The van der Waals surface area contributed by atoms with Crippen LogP contribution in [-0.4, -0.2) is 29.1 Å². The molecule has 0 aliphatic heterocycles. The zero-order valence-corrected chi connectivity index (χ0v) is 22.8. The molecule has 0 unspecified atom stereocenters. The lowest BCUT2D eigenvalue weighted by Gasteiger charge is -2.10. The fraction of sp³-hybridized carbons (Fsp3) is 0.242. The highest BCUT2D eigenvalue weighted by Crippen LogP contribution is 2.42. The number of nitrogens with zero attached hydrogens (tertiary/aromatic N) is 2. The molecule has 7 nitrogen and oxygen atoms in total. The predicted molar refractivity (Wildman–Crippen MR) is 162 cm³/mol. The fourth-order valence-corrected chi connectivity index (χ4v) is 4.75. The van der Waals surface area contributed by atoms with E-state index >= 15 is 0 Å². The summed E-state index contributed by atoms with van der Waals surface area (Å²) in [6.45, 7) is 3.55. The first kappa shape index (κ1) is 26.9. The summed E-state index contributed by atoms with van der Waals surface area (Å²) in [6, 6.07) is 28.1. The molecule has 0 aliphatic carbocycles. The summed E-state index contributed by atoms with van der Waals surface area (Å²) < 4.78 is 6.30. The number of hydrogen-bond acceptors (Lipinski definition) is 5. The molecule has 204 valence electrons. The van der Waals surface area contributed by atoms with Crippen LogP contribution in [0.2, 0.25) is 0 Å². The lowest BCUT2D eigenvalue weighted by Crippen LogP contribution is -2.29. The third-order valence-electron chi connectivity index (χ3n) is 6.82. The van der Waals surface area contributed by atoms with Crippen molar-refractivity contribution in [2.24, 2.45) is 0 Å². The Kier molecular flexibility index (Phi) is 9.04. The maximum Gasteiger partial charge on any atom is 0.319 e. The lowest BCUT2D eigenvalue weighted by atomic mass is 9.99. The van der Waals surface area contributed by atoms with E-state index in [2.05, 4.69) is 45.0 Å². The Balaban J connectivity index is 1.26. The van der Waals surface area contributed by atoms with Crippen molar-refractivity contribution in [3.63, 3.8) is 0 Å². The summed E-state index contributed by atoms with van der Waals surface area (Å²) in [6.07, 6.45) is 6.86. The van der Waals surface area contributed by atoms with Crippen molar-refractivity contribution in [3.05, 3.63) is 96.8 Å². The number of carbonyl (C=O) groups excluding carboxylic acids is 1. The summed E-state index contributed by atoms with van der Waals surface area (Å²) in [4.78, 5) is 21.2. The van der Waals surface area contributed by atoms with Gasteiger partial charge < -0.3 is 20.4 Å². The number of hydrogen-bond donors (Lipinski definition) is 3. The Labute approximate surface area is 235 Å². The summed E-state index contributed by atoms with van der Waals surface area (Å²) in [5.74, 6) is 1.52. The van der Waals surface area contributed by atoms with Gasteiger partial charge in [0.05, 0.1) is 5.39 Å². The van der Waals surface area contributed by atoms with Gasteiger partial charge in [-0.25, -0.2) is 14.8 Å². The highest BCUT2D eigenvalue weighted by Gasteiger charge is 2.21. The lowest BCUT2D eigenvalue weighted by molar-refractivity contribution is 0.252. The number of nitrogens with one attached hydrogen (secondary N) is 3. The van der Waals surface area contributed by atoms with Gasteiger partial charge in [0.15, 0.2) is 0 Å². The van der Waals surface area contributed by atoms with Gasteiger partial charge in [0, 0.05) is 29.9 Å². The number of aromatic nitrogens is 2. The quantitative estimate of drug-likeness (QED) is 0.142. The second-order valence-electron chi connectivity index (χ2n) is 9.76. The monoisotopic (exact) mass is 533 g/mol. The van der Waals surface area contributed by atoms with Crippen molar-refractivity contribution in [1.29, 1.82) is 0 Å². The van der Waals surface area contributed by atoms with Gasteiger partial charge in [0.2, 0.25) is 5.71 Å². The zero-order valence-electron chi connectivity index (χ0n) is 22.8. The number of carbonyl (C=O) groups is 1. The first-order valence-corrected chi connectivity index (χ1v) is 14.0. The largest absolute Gasteiger partial charge is 0.437 e. The predicted octanol–water partition coefficient (Wildman–Crippen LogP) is 7.91. The van der Waals surface area contributed by atoms with E-state index in [1.165, 1.54) is 19.2 Å². The maximum atomic E-state index is 12.1. The molecule has 0 spiro atoms. The molecule has 0 fully saturated rings. The SMILES string of the molecule is CCCCCCNC(=O)Nc1ccc(CCNc2ncnc3oc(-c4ccccc4)c(-c4ccccc4)c23)cc1. The van der Waals surface area contributed by atoms with Crippen LogP contribution in [0.4, 0.5) is 16.3 Å². The smallest absolute Gasteiger partial charge is 0.319 e. The molecule has 0 saturated heterocycles. The fourth-order valence-electron chi connectivity index (χ4n) is 4.75. The van der Waals surface area contributed by atoms with E-state index in [0.717, 1.165) is 64.2 Å². The minimum Gasteiger partial charge on any atom is -0.437 e. The second kappa shape index (κ2) is 13.4. The molecule has 7 heteroatoms. The molecule has 0 radical (unpaired) electrons. The van der Waals surface area contributed by atoms with E-state index in [1.807, 2.05) is 72.8 Å². The number of urea groups is 1. The average molecular weight is 534 g/mol. The van der Waals surface area contributed by atoms with Gasteiger partial charge in [-0.3, -0.25) is 0 Å². The number of rotatable bonds is 12. The van der Waals surface area contributed by atoms with E-state index in [4.69, 9.17) is 4.42 Å². The molecule has 0 atom stereocenters. The number of unbranched alkanes of at least 4 members (excludes halogenated alkanes) is 3. The van der Waals surface area contributed by atoms with Gasteiger partial charge in [0.25, 0.3) is 0 Å². The molecule has 3 aromatic carbocycles. The van der Waals surface area contributed by atoms with Gasteiger partial charge in [-0.05, 0) is 36.1 Å².